The third-order valence-corrected chi connectivity index (χ3v) is 3.93. The smallest absolute Gasteiger partial charge is 0.0371 e. The maximum Gasteiger partial charge on any atom is 0.0371 e. The molecule has 0 amide bonds. The summed E-state index contributed by atoms with van der Waals surface area (Å²) in [6.07, 6.45) is 8.44. The molecule has 2 aliphatic rings. The summed E-state index contributed by atoms with van der Waals surface area (Å²) in [5.74, 6) is 0. The van der Waals surface area contributed by atoms with Crippen LogP contribution in [0.15, 0.2) is 24.3 Å². The van der Waals surface area contributed by atoms with Crippen LogP contribution in [0.1, 0.15) is 38.5 Å². The van der Waals surface area contributed by atoms with Crippen molar-refractivity contribution in [1.82, 2.24) is 0 Å². The fourth-order valence-electron chi connectivity index (χ4n) is 2.60. The van der Waals surface area contributed by atoms with Crippen LogP contribution < -0.4 is 4.90 Å². The number of hydrogen-bond acceptors (Lipinski definition) is 1. The van der Waals surface area contributed by atoms with Crippen molar-refractivity contribution in [3.63, 3.8) is 0 Å². The van der Waals surface area contributed by atoms with Gasteiger partial charge < -0.3 is 4.90 Å². The Kier molecular flexibility index (Phi) is 2.40. The van der Waals surface area contributed by atoms with Crippen molar-refractivity contribution in [3.8, 4) is 0 Å². The lowest BCUT2D eigenvalue weighted by Gasteiger charge is -2.47. The van der Waals surface area contributed by atoms with Gasteiger partial charge in [-0.1, -0.05) is 12.1 Å². The van der Waals surface area contributed by atoms with Crippen LogP contribution in [0.5, 0.6) is 0 Å². The largest absolute Gasteiger partial charge is 0.366 e. The molecule has 0 unspecified atom stereocenters. The normalized spacial score (nSPS) is 21.9. The molecule has 0 aromatic heterocycles. The first kappa shape index (κ1) is 9.26. The Bertz CT molecular complexity index is 297. The summed E-state index contributed by atoms with van der Waals surface area (Å²) in [5, 5.41) is 0. The molecule has 0 atom stereocenters. The number of rotatable bonds is 3. The summed E-state index contributed by atoms with van der Waals surface area (Å²) in [5.41, 5.74) is 1.42. The van der Waals surface area contributed by atoms with Crippen molar-refractivity contribution in [2.75, 3.05) is 4.90 Å². The van der Waals surface area contributed by atoms with E-state index in [-0.39, 0.29) is 0 Å². The van der Waals surface area contributed by atoms with Gasteiger partial charge in [0.05, 0.1) is 0 Å². The molecular formula is C14H18N. The lowest BCUT2D eigenvalue weighted by molar-refractivity contribution is 0.296. The van der Waals surface area contributed by atoms with Gasteiger partial charge in [0, 0.05) is 17.8 Å². The maximum atomic E-state index is 3.11. The number of benzene rings is 1. The minimum atomic E-state index is 0.831. The average Bonchev–Trinajstić information content (AvgIpc) is 2.13. The standard InChI is InChI=1S/C14H18N/c1-2-6-12(7-3-1)15(13-8-4-9-13)14-10-5-11-14/h2-3,6-7,13-14H,4-5,8-11H2. The van der Waals surface area contributed by atoms with Crippen LogP contribution in [0.3, 0.4) is 0 Å². The second-order valence-corrected chi connectivity index (χ2v) is 4.83. The Balaban J connectivity index is 1.82. The van der Waals surface area contributed by atoms with Crippen molar-refractivity contribution in [2.24, 2.45) is 0 Å². The molecular weight excluding hydrogens is 182 g/mol. The lowest BCUT2D eigenvalue weighted by atomic mass is 9.84. The quantitative estimate of drug-likeness (QED) is 0.723. The van der Waals surface area contributed by atoms with Crippen molar-refractivity contribution in [2.45, 2.75) is 50.6 Å². The number of anilines is 1. The fourth-order valence-corrected chi connectivity index (χ4v) is 2.60. The highest BCUT2D eigenvalue weighted by molar-refractivity contribution is 5.49. The molecule has 2 fully saturated rings. The van der Waals surface area contributed by atoms with Crippen LogP contribution in [0.25, 0.3) is 0 Å². The van der Waals surface area contributed by atoms with Gasteiger partial charge in [0.25, 0.3) is 0 Å². The Hall–Kier alpha value is -0.980. The second kappa shape index (κ2) is 3.88. The lowest BCUT2D eigenvalue weighted by Crippen LogP contribution is -2.49. The van der Waals surface area contributed by atoms with Gasteiger partial charge in [-0.15, -0.1) is 0 Å². The molecule has 79 valence electrons. The molecule has 0 spiro atoms. The molecule has 1 aromatic carbocycles. The molecule has 3 rings (SSSR count). The third kappa shape index (κ3) is 1.64. The van der Waals surface area contributed by atoms with Gasteiger partial charge in [-0.2, -0.15) is 0 Å². The van der Waals surface area contributed by atoms with Crippen molar-refractivity contribution >= 4 is 5.69 Å². The number of nitrogens with zero attached hydrogens (tertiary/aromatic N) is 1. The zero-order valence-corrected chi connectivity index (χ0v) is 9.15. The van der Waals surface area contributed by atoms with Crippen LogP contribution in [0, 0.1) is 6.07 Å². The van der Waals surface area contributed by atoms with Gasteiger partial charge in [-0.3, -0.25) is 0 Å². The van der Waals surface area contributed by atoms with Crippen LogP contribution in [0.4, 0.5) is 5.69 Å². The zero-order chi connectivity index (χ0) is 10.1. The van der Waals surface area contributed by atoms with Crippen LogP contribution in [-0.2, 0) is 0 Å². The Labute approximate surface area is 92.1 Å². The van der Waals surface area contributed by atoms with E-state index in [1.807, 2.05) is 12.1 Å². The van der Waals surface area contributed by atoms with E-state index in [0.29, 0.717) is 0 Å². The molecule has 2 saturated carbocycles. The summed E-state index contributed by atoms with van der Waals surface area (Å²) in [6.45, 7) is 0. The Morgan fingerprint density at radius 2 is 1.47 bits per heavy atom. The molecule has 0 saturated heterocycles. The van der Waals surface area contributed by atoms with Crippen LogP contribution in [-0.4, -0.2) is 12.1 Å². The minimum absolute atomic E-state index is 0.831. The highest BCUT2D eigenvalue weighted by Gasteiger charge is 2.33. The monoisotopic (exact) mass is 200 g/mol. The van der Waals surface area contributed by atoms with Crippen molar-refractivity contribution in [1.29, 1.82) is 0 Å². The predicted molar refractivity (Wildman–Crippen MR) is 63.0 cm³/mol. The van der Waals surface area contributed by atoms with Gasteiger partial charge in [-0.05, 0) is 56.7 Å². The molecule has 0 heterocycles. The molecule has 1 heteroatoms. The Morgan fingerprint density at radius 3 is 1.87 bits per heavy atom. The summed E-state index contributed by atoms with van der Waals surface area (Å²) in [6, 6.07) is 13.3. The van der Waals surface area contributed by atoms with Crippen LogP contribution >= 0.6 is 0 Å². The van der Waals surface area contributed by atoms with E-state index in [0.717, 1.165) is 12.1 Å². The SMILES string of the molecule is [c]1ccc(N(C2CCC2)C2CCC2)cc1. The highest BCUT2D eigenvalue weighted by Crippen LogP contribution is 2.37. The molecule has 1 radical (unpaired) electrons. The fraction of sp³-hybridized carbons (Fsp3) is 0.571. The number of hydrogen-bond donors (Lipinski definition) is 0. The first-order valence-electron chi connectivity index (χ1n) is 6.19. The second-order valence-electron chi connectivity index (χ2n) is 4.83. The van der Waals surface area contributed by atoms with E-state index in [1.165, 1.54) is 44.2 Å². The molecule has 0 bridgehead atoms. The van der Waals surface area contributed by atoms with E-state index in [4.69, 9.17) is 0 Å². The maximum absolute atomic E-state index is 3.11. The molecule has 15 heavy (non-hydrogen) atoms. The summed E-state index contributed by atoms with van der Waals surface area (Å²) in [4.78, 5) is 2.68. The molecule has 0 N–H and O–H groups in total. The van der Waals surface area contributed by atoms with Gasteiger partial charge in [0.1, 0.15) is 0 Å². The minimum Gasteiger partial charge on any atom is -0.366 e. The molecule has 1 aromatic rings. The summed E-state index contributed by atoms with van der Waals surface area (Å²) in [7, 11) is 0. The molecule has 1 nitrogen and oxygen atoms in total. The van der Waals surface area contributed by atoms with E-state index in [1.54, 1.807) is 0 Å². The third-order valence-electron chi connectivity index (χ3n) is 3.93. The van der Waals surface area contributed by atoms with Gasteiger partial charge in [0.15, 0.2) is 0 Å². The van der Waals surface area contributed by atoms with Crippen LogP contribution in [0.2, 0.25) is 0 Å². The topological polar surface area (TPSA) is 3.24 Å². The van der Waals surface area contributed by atoms with E-state index in [2.05, 4.69) is 23.1 Å². The van der Waals surface area contributed by atoms with Gasteiger partial charge >= 0.3 is 0 Å². The zero-order valence-electron chi connectivity index (χ0n) is 9.15. The summed E-state index contributed by atoms with van der Waals surface area (Å²) >= 11 is 0. The Morgan fingerprint density at radius 1 is 0.933 bits per heavy atom. The van der Waals surface area contributed by atoms with Crippen molar-refractivity contribution < 1.29 is 0 Å². The van der Waals surface area contributed by atoms with E-state index >= 15 is 0 Å². The van der Waals surface area contributed by atoms with E-state index < -0.39 is 0 Å². The van der Waals surface area contributed by atoms with Crippen molar-refractivity contribution in [3.05, 3.63) is 30.3 Å². The predicted octanol–water partition coefficient (Wildman–Crippen LogP) is 3.40. The molecule has 0 aliphatic heterocycles. The van der Waals surface area contributed by atoms with Gasteiger partial charge in [-0.25, -0.2) is 0 Å². The van der Waals surface area contributed by atoms with Gasteiger partial charge in [0.2, 0.25) is 0 Å². The summed E-state index contributed by atoms with van der Waals surface area (Å²) < 4.78 is 0. The first-order valence-corrected chi connectivity index (χ1v) is 6.19. The average molecular weight is 200 g/mol. The first-order chi connectivity index (χ1) is 7.45. The van der Waals surface area contributed by atoms with E-state index in [9.17, 15) is 0 Å². The highest BCUT2D eigenvalue weighted by atomic mass is 15.2. The molecule has 2 aliphatic carbocycles.